The molecular formula is C12H12N2O2. The van der Waals surface area contributed by atoms with Crippen molar-refractivity contribution in [3.63, 3.8) is 0 Å². The summed E-state index contributed by atoms with van der Waals surface area (Å²) in [6.45, 7) is 1.91. The third kappa shape index (κ3) is 1.69. The Labute approximate surface area is 93.0 Å². The molecule has 1 aromatic heterocycles. The van der Waals surface area contributed by atoms with Crippen LogP contribution in [0.3, 0.4) is 0 Å². The zero-order valence-corrected chi connectivity index (χ0v) is 9.15. The number of hydrogen-bond donors (Lipinski definition) is 1. The number of aromatic nitrogens is 1. The highest BCUT2D eigenvalue weighted by Gasteiger charge is 2.07. The molecule has 0 aliphatic carbocycles. The number of rotatable bonds is 2. The molecule has 0 spiro atoms. The van der Waals surface area contributed by atoms with Gasteiger partial charge in [0.25, 0.3) is 5.91 Å². The standard InChI is InChI=1S/C12H12N2O2/c1-7-5-11(12(13)15)14-10-4-3-8(16-2)6-9(7)10/h3-6H,1-2H3,(H2,13,15). The van der Waals surface area contributed by atoms with E-state index < -0.39 is 5.91 Å². The Balaban J connectivity index is 2.71. The van der Waals surface area contributed by atoms with Crippen molar-refractivity contribution in [3.8, 4) is 5.75 Å². The summed E-state index contributed by atoms with van der Waals surface area (Å²) in [5, 5.41) is 0.962. The van der Waals surface area contributed by atoms with Crippen molar-refractivity contribution >= 4 is 16.8 Å². The van der Waals surface area contributed by atoms with Crippen LogP contribution in [0.15, 0.2) is 24.3 Å². The fourth-order valence-electron chi connectivity index (χ4n) is 1.63. The first-order chi connectivity index (χ1) is 7.61. The van der Waals surface area contributed by atoms with E-state index in [2.05, 4.69) is 4.98 Å². The average molecular weight is 216 g/mol. The Morgan fingerprint density at radius 3 is 2.75 bits per heavy atom. The zero-order chi connectivity index (χ0) is 11.7. The van der Waals surface area contributed by atoms with E-state index in [1.165, 1.54) is 0 Å². The minimum absolute atomic E-state index is 0.287. The topological polar surface area (TPSA) is 65.2 Å². The van der Waals surface area contributed by atoms with Crippen molar-refractivity contribution in [1.82, 2.24) is 4.98 Å². The average Bonchev–Trinajstić information content (AvgIpc) is 2.28. The Kier molecular flexibility index (Phi) is 2.48. The van der Waals surface area contributed by atoms with E-state index in [1.807, 2.05) is 19.1 Å². The fraction of sp³-hybridized carbons (Fsp3) is 0.167. The molecule has 0 fully saturated rings. The van der Waals surface area contributed by atoms with E-state index in [0.717, 1.165) is 22.2 Å². The highest BCUT2D eigenvalue weighted by Crippen LogP contribution is 2.22. The third-order valence-corrected chi connectivity index (χ3v) is 2.48. The van der Waals surface area contributed by atoms with Crippen LogP contribution >= 0.6 is 0 Å². The number of hydrogen-bond acceptors (Lipinski definition) is 3. The molecule has 0 saturated carbocycles. The normalized spacial score (nSPS) is 10.4. The number of carbonyl (C=O) groups excluding carboxylic acids is 1. The van der Waals surface area contributed by atoms with E-state index in [4.69, 9.17) is 10.5 Å². The quantitative estimate of drug-likeness (QED) is 0.830. The lowest BCUT2D eigenvalue weighted by atomic mass is 10.1. The molecule has 4 nitrogen and oxygen atoms in total. The van der Waals surface area contributed by atoms with Gasteiger partial charge in [0.1, 0.15) is 11.4 Å². The first-order valence-corrected chi connectivity index (χ1v) is 4.87. The molecule has 16 heavy (non-hydrogen) atoms. The second kappa shape index (κ2) is 3.81. The molecule has 4 heteroatoms. The van der Waals surface area contributed by atoms with Crippen molar-refractivity contribution in [2.75, 3.05) is 7.11 Å². The number of aryl methyl sites for hydroxylation is 1. The lowest BCUT2D eigenvalue weighted by molar-refractivity contribution is 0.0996. The largest absolute Gasteiger partial charge is 0.497 e. The van der Waals surface area contributed by atoms with E-state index >= 15 is 0 Å². The van der Waals surface area contributed by atoms with Crippen LogP contribution < -0.4 is 10.5 Å². The summed E-state index contributed by atoms with van der Waals surface area (Å²) in [5.41, 5.74) is 7.19. The molecule has 1 amide bonds. The van der Waals surface area contributed by atoms with Crippen LogP contribution in [0.2, 0.25) is 0 Å². The molecule has 1 aromatic carbocycles. The molecule has 2 rings (SSSR count). The van der Waals surface area contributed by atoms with Gasteiger partial charge in [-0.3, -0.25) is 4.79 Å². The van der Waals surface area contributed by atoms with Crippen LogP contribution in [0.5, 0.6) is 5.75 Å². The van der Waals surface area contributed by atoms with Gasteiger partial charge < -0.3 is 10.5 Å². The van der Waals surface area contributed by atoms with Crippen LogP contribution in [0.1, 0.15) is 16.1 Å². The third-order valence-electron chi connectivity index (χ3n) is 2.48. The Morgan fingerprint density at radius 2 is 2.12 bits per heavy atom. The van der Waals surface area contributed by atoms with Gasteiger partial charge in [-0.2, -0.15) is 0 Å². The maximum atomic E-state index is 11.1. The highest BCUT2D eigenvalue weighted by molar-refractivity contribution is 5.95. The molecule has 0 aliphatic rings. The predicted molar refractivity (Wildman–Crippen MR) is 61.5 cm³/mol. The lowest BCUT2D eigenvalue weighted by Gasteiger charge is -2.06. The second-order valence-corrected chi connectivity index (χ2v) is 3.57. The molecule has 0 bridgehead atoms. The van der Waals surface area contributed by atoms with Crippen LogP contribution in [-0.2, 0) is 0 Å². The van der Waals surface area contributed by atoms with Gasteiger partial charge in [-0.15, -0.1) is 0 Å². The number of benzene rings is 1. The molecule has 2 aromatic rings. The van der Waals surface area contributed by atoms with Crippen LogP contribution in [0.4, 0.5) is 0 Å². The van der Waals surface area contributed by atoms with Crippen LogP contribution in [0.25, 0.3) is 10.9 Å². The van der Waals surface area contributed by atoms with Crippen molar-refractivity contribution in [3.05, 3.63) is 35.5 Å². The van der Waals surface area contributed by atoms with E-state index in [0.29, 0.717) is 0 Å². The number of nitrogens with zero attached hydrogens (tertiary/aromatic N) is 1. The summed E-state index contributed by atoms with van der Waals surface area (Å²) in [6.07, 6.45) is 0. The zero-order valence-electron chi connectivity index (χ0n) is 9.15. The van der Waals surface area contributed by atoms with Crippen LogP contribution in [-0.4, -0.2) is 18.0 Å². The van der Waals surface area contributed by atoms with Gasteiger partial charge >= 0.3 is 0 Å². The summed E-state index contributed by atoms with van der Waals surface area (Å²) in [4.78, 5) is 15.2. The van der Waals surface area contributed by atoms with Gasteiger partial charge in [0.05, 0.1) is 12.6 Å². The number of fused-ring (bicyclic) bond motifs is 1. The molecule has 2 N–H and O–H groups in total. The van der Waals surface area contributed by atoms with E-state index in [-0.39, 0.29) is 5.69 Å². The van der Waals surface area contributed by atoms with Gasteiger partial charge in [0.15, 0.2) is 0 Å². The number of ether oxygens (including phenoxy) is 1. The Hall–Kier alpha value is -2.10. The van der Waals surface area contributed by atoms with Gasteiger partial charge in [-0.25, -0.2) is 4.98 Å². The maximum Gasteiger partial charge on any atom is 0.267 e. The number of nitrogens with two attached hydrogens (primary N) is 1. The number of pyridine rings is 1. The van der Waals surface area contributed by atoms with Gasteiger partial charge in [0.2, 0.25) is 0 Å². The van der Waals surface area contributed by atoms with Crippen molar-refractivity contribution in [2.45, 2.75) is 6.92 Å². The van der Waals surface area contributed by atoms with E-state index in [9.17, 15) is 4.79 Å². The molecule has 0 radical (unpaired) electrons. The second-order valence-electron chi connectivity index (χ2n) is 3.57. The Bertz CT molecular complexity index is 564. The molecule has 0 aliphatic heterocycles. The maximum absolute atomic E-state index is 11.1. The van der Waals surface area contributed by atoms with Gasteiger partial charge in [-0.1, -0.05) is 0 Å². The molecule has 0 unspecified atom stereocenters. The minimum Gasteiger partial charge on any atom is -0.497 e. The molecular weight excluding hydrogens is 204 g/mol. The van der Waals surface area contributed by atoms with Gasteiger partial charge in [-0.05, 0) is 36.8 Å². The lowest BCUT2D eigenvalue weighted by Crippen LogP contribution is -2.13. The summed E-state index contributed by atoms with van der Waals surface area (Å²) < 4.78 is 5.14. The SMILES string of the molecule is COc1ccc2nc(C(N)=O)cc(C)c2c1. The Morgan fingerprint density at radius 1 is 1.38 bits per heavy atom. The van der Waals surface area contributed by atoms with Crippen molar-refractivity contribution < 1.29 is 9.53 Å². The summed E-state index contributed by atoms with van der Waals surface area (Å²) in [5.74, 6) is 0.255. The number of primary amides is 1. The van der Waals surface area contributed by atoms with Crippen molar-refractivity contribution in [2.24, 2.45) is 5.73 Å². The molecule has 0 saturated heterocycles. The van der Waals surface area contributed by atoms with Gasteiger partial charge in [0, 0.05) is 5.39 Å². The molecule has 0 atom stereocenters. The van der Waals surface area contributed by atoms with Crippen LogP contribution in [0, 0.1) is 6.92 Å². The molecule has 1 heterocycles. The predicted octanol–water partition coefficient (Wildman–Crippen LogP) is 1.65. The summed E-state index contributed by atoms with van der Waals surface area (Å²) >= 11 is 0. The van der Waals surface area contributed by atoms with E-state index in [1.54, 1.807) is 19.2 Å². The number of carbonyl (C=O) groups is 1. The summed E-state index contributed by atoms with van der Waals surface area (Å²) in [7, 11) is 1.61. The van der Waals surface area contributed by atoms with Crippen molar-refractivity contribution in [1.29, 1.82) is 0 Å². The summed E-state index contributed by atoms with van der Waals surface area (Å²) in [6, 6.07) is 7.19. The smallest absolute Gasteiger partial charge is 0.267 e. The highest BCUT2D eigenvalue weighted by atomic mass is 16.5. The number of amides is 1. The number of methoxy groups -OCH3 is 1. The monoisotopic (exact) mass is 216 g/mol. The minimum atomic E-state index is -0.513. The molecule has 82 valence electrons. The first-order valence-electron chi connectivity index (χ1n) is 4.87. The fourth-order valence-corrected chi connectivity index (χ4v) is 1.63. The first kappa shape index (κ1) is 10.4.